The first-order valence-electron chi connectivity index (χ1n) is 5.35. The van der Waals surface area contributed by atoms with Gasteiger partial charge >= 0.3 is 0 Å². The van der Waals surface area contributed by atoms with Gasteiger partial charge in [0.1, 0.15) is 18.0 Å². The zero-order valence-electron chi connectivity index (χ0n) is 9.06. The minimum atomic E-state index is -1.63. The average Bonchev–Trinajstić information content (AvgIpc) is 2.07. The van der Waals surface area contributed by atoms with Gasteiger partial charge in [-0.3, -0.25) is 0 Å². The van der Waals surface area contributed by atoms with Crippen molar-refractivity contribution in [1.29, 1.82) is 0 Å². The normalized spacial score (nSPS) is 39.9. The van der Waals surface area contributed by atoms with Crippen molar-refractivity contribution in [3.63, 3.8) is 0 Å². The van der Waals surface area contributed by atoms with Crippen molar-refractivity contribution >= 4 is 0 Å². The quantitative estimate of drug-likeness (QED) is 0.646. The molecule has 0 aromatic heterocycles. The second-order valence-electron chi connectivity index (χ2n) is 4.80. The summed E-state index contributed by atoms with van der Waals surface area (Å²) in [6.45, 7) is 4.62. The largest absolute Gasteiger partial charge is 0.244 e. The second-order valence-corrected chi connectivity index (χ2v) is 4.80. The van der Waals surface area contributed by atoms with Crippen LogP contribution in [-0.4, -0.2) is 18.0 Å². The maximum Gasteiger partial charge on any atom is 0.137 e. The molecule has 1 fully saturated rings. The molecule has 4 atom stereocenters. The molecule has 4 unspecified atom stereocenters. The number of rotatable bonds is 2. The molecule has 0 heterocycles. The van der Waals surface area contributed by atoms with Crippen LogP contribution in [0, 0.1) is 11.8 Å². The van der Waals surface area contributed by atoms with E-state index in [0.29, 0.717) is 6.42 Å². The summed E-state index contributed by atoms with van der Waals surface area (Å²) in [6, 6.07) is 0. The number of alkyl halides is 3. The van der Waals surface area contributed by atoms with Gasteiger partial charge in [-0.15, -0.1) is 0 Å². The van der Waals surface area contributed by atoms with Crippen LogP contribution in [0.4, 0.5) is 13.2 Å². The molecule has 0 amide bonds. The molecule has 3 heteroatoms. The monoisotopic (exact) mass is 208 g/mol. The van der Waals surface area contributed by atoms with Gasteiger partial charge in [-0.05, 0) is 32.6 Å². The number of hydrogen-bond donors (Lipinski definition) is 0. The molecule has 0 aromatic carbocycles. The Labute approximate surface area is 83.9 Å². The highest BCUT2D eigenvalue weighted by atomic mass is 19.2. The van der Waals surface area contributed by atoms with E-state index in [1.165, 1.54) is 13.8 Å². The Bertz CT molecular complexity index is 183. The molecule has 0 radical (unpaired) electrons. The molecule has 14 heavy (non-hydrogen) atoms. The Kier molecular flexibility index (Phi) is 3.49. The molecule has 0 saturated heterocycles. The van der Waals surface area contributed by atoms with Crippen molar-refractivity contribution in [3.05, 3.63) is 0 Å². The van der Waals surface area contributed by atoms with Crippen LogP contribution in [0.5, 0.6) is 0 Å². The van der Waals surface area contributed by atoms with Gasteiger partial charge in [-0.25, -0.2) is 13.2 Å². The van der Waals surface area contributed by atoms with Crippen LogP contribution in [0.2, 0.25) is 0 Å². The minimum absolute atomic E-state index is 0.0167. The fraction of sp³-hybridized carbons (Fsp3) is 1.00. The minimum Gasteiger partial charge on any atom is -0.244 e. The van der Waals surface area contributed by atoms with Gasteiger partial charge in [-0.1, -0.05) is 13.3 Å². The van der Waals surface area contributed by atoms with Crippen LogP contribution < -0.4 is 0 Å². The average molecular weight is 208 g/mol. The summed E-state index contributed by atoms with van der Waals surface area (Å²) in [5.41, 5.74) is -1.62. The molecule has 1 aliphatic carbocycles. The van der Waals surface area contributed by atoms with Crippen molar-refractivity contribution in [2.45, 2.75) is 58.0 Å². The lowest BCUT2D eigenvalue weighted by Gasteiger charge is -2.41. The third-order valence-electron chi connectivity index (χ3n) is 3.33. The highest BCUT2D eigenvalue weighted by Crippen LogP contribution is 2.43. The number of hydrogen-bond acceptors (Lipinski definition) is 0. The lowest BCUT2D eigenvalue weighted by atomic mass is 9.69. The van der Waals surface area contributed by atoms with E-state index in [-0.39, 0.29) is 12.3 Å². The highest BCUT2D eigenvalue weighted by Gasteiger charge is 2.47. The summed E-state index contributed by atoms with van der Waals surface area (Å²) < 4.78 is 40.4. The van der Waals surface area contributed by atoms with Gasteiger partial charge in [0.2, 0.25) is 0 Å². The molecule has 0 N–H and O–H groups in total. The Hall–Kier alpha value is -0.210. The van der Waals surface area contributed by atoms with Crippen LogP contribution in [-0.2, 0) is 0 Å². The third-order valence-corrected chi connectivity index (χ3v) is 3.33. The predicted molar refractivity (Wildman–Crippen MR) is 51.5 cm³/mol. The predicted octanol–water partition coefficient (Wildman–Crippen LogP) is 3.85. The molecule has 0 aliphatic heterocycles. The van der Waals surface area contributed by atoms with Crippen molar-refractivity contribution in [1.82, 2.24) is 0 Å². The van der Waals surface area contributed by atoms with E-state index in [9.17, 15) is 13.2 Å². The van der Waals surface area contributed by atoms with E-state index in [2.05, 4.69) is 0 Å². The molecular formula is C11H19F3. The van der Waals surface area contributed by atoms with E-state index < -0.39 is 23.9 Å². The van der Waals surface area contributed by atoms with Crippen LogP contribution in [0.3, 0.4) is 0 Å². The molecular weight excluding hydrogens is 189 g/mol. The van der Waals surface area contributed by atoms with Gasteiger partial charge in [0.25, 0.3) is 0 Å². The summed E-state index contributed by atoms with van der Waals surface area (Å²) in [4.78, 5) is 0. The first-order chi connectivity index (χ1) is 6.38. The van der Waals surface area contributed by atoms with E-state index in [1.807, 2.05) is 6.92 Å². The van der Waals surface area contributed by atoms with Crippen LogP contribution >= 0.6 is 0 Å². The zero-order valence-corrected chi connectivity index (χ0v) is 9.06. The van der Waals surface area contributed by atoms with Crippen molar-refractivity contribution in [2.24, 2.45) is 11.8 Å². The maximum atomic E-state index is 13.7. The van der Waals surface area contributed by atoms with Crippen LogP contribution in [0.1, 0.15) is 40.0 Å². The molecule has 0 spiro atoms. The summed E-state index contributed by atoms with van der Waals surface area (Å²) in [7, 11) is 0. The molecule has 0 bridgehead atoms. The SMILES string of the molecule is CCC1CCC(F)C(F)C1C(C)(C)F. The molecule has 0 nitrogen and oxygen atoms in total. The van der Waals surface area contributed by atoms with E-state index in [0.717, 1.165) is 6.42 Å². The van der Waals surface area contributed by atoms with Crippen molar-refractivity contribution in [3.8, 4) is 0 Å². The Morgan fingerprint density at radius 3 is 2.21 bits per heavy atom. The molecule has 0 aromatic rings. The summed E-state index contributed by atoms with van der Waals surface area (Å²) in [5.74, 6) is -0.798. The number of halogens is 3. The van der Waals surface area contributed by atoms with Gasteiger partial charge in [0.15, 0.2) is 0 Å². The molecule has 1 rings (SSSR count). The van der Waals surface area contributed by atoms with Crippen LogP contribution in [0.25, 0.3) is 0 Å². The van der Waals surface area contributed by atoms with Crippen molar-refractivity contribution in [2.75, 3.05) is 0 Å². The smallest absolute Gasteiger partial charge is 0.137 e. The van der Waals surface area contributed by atoms with E-state index >= 15 is 0 Å². The Morgan fingerprint density at radius 1 is 1.21 bits per heavy atom. The topological polar surface area (TPSA) is 0 Å². The standard InChI is InChI=1S/C11H19F3/c1-4-7-5-6-8(12)10(13)9(7)11(2,3)14/h7-10H,4-6H2,1-3H3. The Morgan fingerprint density at radius 2 is 1.79 bits per heavy atom. The lowest BCUT2D eigenvalue weighted by Crippen LogP contribution is -2.46. The van der Waals surface area contributed by atoms with Gasteiger partial charge < -0.3 is 0 Å². The van der Waals surface area contributed by atoms with Gasteiger partial charge in [-0.2, -0.15) is 0 Å². The second kappa shape index (κ2) is 4.11. The fourth-order valence-corrected chi connectivity index (χ4v) is 2.59. The first kappa shape index (κ1) is 11.9. The van der Waals surface area contributed by atoms with Gasteiger partial charge in [0.05, 0.1) is 0 Å². The fourth-order valence-electron chi connectivity index (χ4n) is 2.59. The van der Waals surface area contributed by atoms with E-state index in [1.54, 1.807) is 0 Å². The van der Waals surface area contributed by atoms with Gasteiger partial charge in [0, 0.05) is 5.92 Å². The van der Waals surface area contributed by atoms with Crippen LogP contribution in [0.15, 0.2) is 0 Å². The summed E-state index contributed by atoms with van der Waals surface area (Å²) in [5, 5.41) is 0. The molecule has 84 valence electrons. The third kappa shape index (κ3) is 2.23. The molecule has 1 saturated carbocycles. The first-order valence-corrected chi connectivity index (χ1v) is 5.35. The Balaban J connectivity index is 2.82. The zero-order chi connectivity index (χ0) is 10.9. The molecule has 1 aliphatic rings. The maximum absolute atomic E-state index is 13.7. The highest BCUT2D eigenvalue weighted by molar-refractivity contribution is 4.95. The van der Waals surface area contributed by atoms with E-state index in [4.69, 9.17) is 0 Å². The van der Waals surface area contributed by atoms with Crippen molar-refractivity contribution < 1.29 is 13.2 Å². The summed E-state index contributed by atoms with van der Waals surface area (Å²) in [6.07, 6.45) is -1.53. The summed E-state index contributed by atoms with van der Waals surface area (Å²) >= 11 is 0. The lowest BCUT2D eigenvalue weighted by molar-refractivity contribution is -0.0500.